The number of hydrogen-bond donors (Lipinski definition) is 1. The van der Waals surface area contributed by atoms with E-state index in [1.54, 1.807) is 13.2 Å². The van der Waals surface area contributed by atoms with Gasteiger partial charge in [0.05, 0.1) is 12.8 Å². The summed E-state index contributed by atoms with van der Waals surface area (Å²) < 4.78 is 5.16. The number of nitrogen functional groups attached to an aromatic ring is 1. The summed E-state index contributed by atoms with van der Waals surface area (Å²) in [6, 6.07) is 19.3. The molecule has 0 aliphatic carbocycles. The maximum absolute atomic E-state index is 5.91. The Morgan fingerprint density at radius 2 is 1.57 bits per heavy atom. The third-order valence-corrected chi connectivity index (χ3v) is 3.16. The molecule has 21 heavy (non-hydrogen) atoms. The van der Waals surface area contributed by atoms with Crippen LogP contribution < -0.4 is 10.5 Å². The van der Waals surface area contributed by atoms with Crippen LogP contribution in [0.25, 0.3) is 22.6 Å². The van der Waals surface area contributed by atoms with Crippen molar-refractivity contribution in [1.29, 1.82) is 0 Å². The fraction of sp³-hybridized carbons (Fsp3) is 0.0588. The van der Waals surface area contributed by atoms with E-state index in [2.05, 4.69) is 9.97 Å². The van der Waals surface area contributed by atoms with Gasteiger partial charge in [0.1, 0.15) is 11.6 Å². The zero-order chi connectivity index (χ0) is 14.7. The van der Waals surface area contributed by atoms with Crippen molar-refractivity contribution >= 4 is 5.82 Å². The number of aromatic nitrogens is 2. The second-order valence-corrected chi connectivity index (χ2v) is 4.60. The maximum Gasteiger partial charge on any atom is 0.162 e. The molecule has 0 saturated carbocycles. The Balaban J connectivity index is 2.05. The summed E-state index contributed by atoms with van der Waals surface area (Å²) in [7, 11) is 1.64. The predicted molar refractivity (Wildman–Crippen MR) is 83.9 cm³/mol. The average Bonchev–Trinajstić information content (AvgIpc) is 2.55. The molecule has 0 saturated heterocycles. The van der Waals surface area contributed by atoms with Crippen molar-refractivity contribution in [3.63, 3.8) is 0 Å². The van der Waals surface area contributed by atoms with Crippen LogP contribution in [0.4, 0.5) is 5.82 Å². The molecule has 0 fully saturated rings. The molecule has 3 aromatic rings. The summed E-state index contributed by atoms with van der Waals surface area (Å²) in [6.45, 7) is 0. The van der Waals surface area contributed by atoms with Crippen LogP contribution in [0.2, 0.25) is 0 Å². The second kappa shape index (κ2) is 5.63. The number of benzene rings is 2. The summed E-state index contributed by atoms with van der Waals surface area (Å²) in [4.78, 5) is 8.91. The molecular formula is C17H15N3O. The second-order valence-electron chi connectivity index (χ2n) is 4.60. The van der Waals surface area contributed by atoms with Gasteiger partial charge < -0.3 is 10.5 Å². The van der Waals surface area contributed by atoms with Gasteiger partial charge >= 0.3 is 0 Å². The summed E-state index contributed by atoms with van der Waals surface area (Å²) in [5.41, 5.74) is 8.65. The highest BCUT2D eigenvalue weighted by molar-refractivity contribution is 5.67. The minimum atomic E-state index is 0.453. The van der Waals surface area contributed by atoms with Crippen LogP contribution in [0, 0.1) is 0 Å². The molecule has 0 radical (unpaired) electrons. The SMILES string of the molecule is COc1ccc(-c2nc(N)cc(-c3ccccc3)n2)cc1. The first kappa shape index (κ1) is 13.1. The van der Waals surface area contributed by atoms with Crippen LogP contribution in [-0.4, -0.2) is 17.1 Å². The lowest BCUT2D eigenvalue weighted by atomic mass is 10.1. The molecule has 0 spiro atoms. The fourth-order valence-electron chi connectivity index (χ4n) is 2.09. The van der Waals surface area contributed by atoms with Crippen LogP contribution in [-0.2, 0) is 0 Å². The summed E-state index contributed by atoms with van der Waals surface area (Å²) in [5.74, 6) is 1.86. The highest BCUT2D eigenvalue weighted by Crippen LogP contribution is 2.24. The van der Waals surface area contributed by atoms with Crippen molar-refractivity contribution in [3.05, 3.63) is 60.7 Å². The molecule has 0 bridgehead atoms. The number of methoxy groups -OCH3 is 1. The van der Waals surface area contributed by atoms with Gasteiger partial charge in [-0.05, 0) is 24.3 Å². The Labute approximate surface area is 123 Å². The lowest BCUT2D eigenvalue weighted by Crippen LogP contribution is -1.98. The van der Waals surface area contributed by atoms with Gasteiger partial charge in [-0.3, -0.25) is 0 Å². The van der Waals surface area contributed by atoms with E-state index in [1.807, 2.05) is 54.6 Å². The van der Waals surface area contributed by atoms with E-state index in [0.29, 0.717) is 11.6 Å². The lowest BCUT2D eigenvalue weighted by Gasteiger charge is -2.07. The van der Waals surface area contributed by atoms with Gasteiger partial charge in [-0.25, -0.2) is 9.97 Å². The molecule has 0 aliphatic rings. The zero-order valence-corrected chi connectivity index (χ0v) is 11.7. The highest BCUT2D eigenvalue weighted by atomic mass is 16.5. The zero-order valence-electron chi connectivity index (χ0n) is 11.7. The Morgan fingerprint density at radius 3 is 2.24 bits per heavy atom. The standard InChI is InChI=1S/C17H15N3O/c1-21-14-9-7-13(8-10-14)17-19-15(11-16(18)20-17)12-5-3-2-4-6-12/h2-11H,1H3,(H2,18,19,20). The van der Waals surface area contributed by atoms with Gasteiger partial charge in [0, 0.05) is 17.2 Å². The fourth-order valence-corrected chi connectivity index (χ4v) is 2.09. The van der Waals surface area contributed by atoms with Crippen LogP contribution >= 0.6 is 0 Å². The molecule has 1 heterocycles. The molecule has 104 valence electrons. The molecule has 3 rings (SSSR count). The first-order chi connectivity index (χ1) is 10.3. The molecule has 0 atom stereocenters. The van der Waals surface area contributed by atoms with Gasteiger partial charge in [0.15, 0.2) is 5.82 Å². The number of nitrogens with two attached hydrogens (primary N) is 1. The maximum atomic E-state index is 5.91. The van der Waals surface area contributed by atoms with Gasteiger partial charge in [-0.15, -0.1) is 0 Å². The molecule has 2 N–H and O–H groups in total. The van der Waals surface area contributed by atoms with Gasteiger partial charge in [0.25, 0.3) is 0 Å². The van der Waals surface area contributed by atoms with E-state index in [1.165, 1.54) is 0 Å². The molecular weight excluding hydrogens is 262 g/mol. The van der Waals surface area contributed by atoms with Gasteiger partial charge in [-0.1, -0.05) is 30.3 Å². The largest absolute Gasteiger partial charge is 0.497 e. The topological polar surface area (TPSA) is 61.0 Å². The van der Waals surface area contributed by atoms with E-state index in [9.17, 15) is 0 Å². The third-order valence-electron chi connectivity index (χ3n) is 3.16. The van der Waals surface area contributed by atoms with Crippen molar-refractivity contribution in [2.24, 2.45) is 0 Å². The summed E-state index contributed by atoms with van der Waals surface area (Å²) in [5, 5.41) is 0. The Bertz CT molecular complexity index is 740. The molecule has 2 aromatic carbocycles. The van der Waals surface area contributed by atoms with Crippen molar-refractivity contribution in [1.82, 2.24) is 9.97 Å². The normalized spacial score (nSPS) is 10.3. The van der Waals surface area contributed by atoms with Crippen LogP contribution in [0.15, 0.2) is 60.7 Å². The number of nitrogens with zero attached hydrogens (tertiary/aromatic N) is 2. The smallest absolute Gasteiger partial charge is 0.162 e. The summed E-state index contributed by atoms with van der Waals surface area (Å²) in [6.07, 6.45) is 0. The lowest BCUT2D eigenvalue weighted by molar-refractivity contribution is 0.415. The van der Waals surface area contributed by atoms with Crippen molar-refractivity contribution in [3.8, 4) is 28.4 Å². The molecule has 1 aromatic heterocycles. The van der Waals surface area contributed by atoms with Crippen LogP contribution in [0.1, 0.15) is 0 Å². The van der Waals surface area contributed by atoms with E-state index in [4.69, 9.17) is 10.5 Å². The van der Waals surface area contributed by atoms with Gasteiger partial charge in [0.2, 0.25) is 0 Å². The molecule has 0 amide bonds. The van der Waals surface area contributed by atoms with Crippen molar-refractivity contribution in [2.45, 2.75) is 0 Å². The van der Waals surface area contributed by atoms with Crippen molar-refractivity contribution in [2.75, 3.05) is 12.8 Å². The van der Waals surface area contributed by atoms with E-state index < -0.39 is 0 Å². The average molecular weight is 277 g/mol. The molecule has 4 heteroatoms. The Morgan fingerprint density at radius 1 is 0.857 bits per heavy atom. The van der Waals surface area contributed by atoms with E-state index in [-0.39, 0.29) is 0 Å². The minimum absolute atomic E-state index is 0.453. The molecule has 0 unspecified atom stereocenters. The highest BCUT2D eigenvalue weighted by Gasteiger charge is 2.07. The molecule has 4 nitrogen and oxygen atoms in total. The number of ether oxygens (including phenoxy) is 1. The predicted octanol–water partition coefficient (Wildman–Crippen LogP) is 3.40. The minimum Gasteiger partial charge on any atom is -0.497 e. The third kappa shape index (κ3) is 2.84. The Hall–Kier alpha value is -2.88. The van der Waals surface area contributed by atoms with Crippen LogP contribution in [0.5, 0.6) is 5.75 Å². The molecule has 0 aliphatic heterocycles. The Kier molecular flexibility index (Phi) is 3.51. The number of anilines is 1. The quantitative estimate of drug-likeness (QED) is 0.797. The first-order valence-corrected chi connectivity index (χ1v) is 6.60. The first-order valence-electron chi connectivity index (χ1n) is 6.60. The van der Waals surface area contributed by atoms with Gasteiger partial charge in [-0.2, -0.15) is 0 Å². The monoisotopic (exact) mass is 277 g/mol. The van der Waals surface area contributed by atoms with Crippen molar-refractivity contribution < 1.29 is 4.74 Å². The number of hydrogen-bond acceptors (Lipinski definition) is 4. The van der Waals surface area contributed by atoms with E-state index in [0.717, 1.165) is 22.6 Å². The number of rotatable bonds is 3. The van der Waals surface area contributed by atoms with Crippen LogP contribution in [0.3, 0.4) is 0 Å². The summed E-state index contributed by atoms with van der Waals surface area (Å²) >= 11 is 0. The van der Waals surface area contributed by atoms with E-state index >= 15 is 0 Å².